The largest absolute Gasteiger partial charge is 0.496 e. The Morgan fingerprint density at radius 3 is 2.06 bits per heavy atom. The first-order chi connectivity index (χ1) is 15.3. The maximum absolute atomic E-state index is 12.3. The van der Waals surface area contributed by atoms with Crippen molar-refractivity contribution in [3.8, 4) is 17.2 Å². The van der Waals surface area contributed by atoms with Gasteiger partial charge in [0.1, 0.15) is 5.75 Å². The number of esters is 1. The molecule has 0 aliphatic carbocycles. The Hall–Kier alpha value is -3.81. The summed E-state index contributed by atoms with van der Waals surface area (Å²) in [5.41, 5.74) is 1.53. The highest BCUT2D eigenvalue weighted by atomic mass is 16.5. The van der Waals surface area contributed by atoms with Crippen LogP contribution in [-0.4, -0.2) is 45.6 Å². The average molecular weight is 441 g/mol. The zero-order chi connectivity index (χ0) is 23.7. The van der Waals surface area contributed by atoms with Gasteiger partial charge in [-0.15, -0.1) is 0 Å². The highest BCUT2D eigenvalue weighted by Gasteiger charge is 2.12. The summed E-state index contributed by atoms with van der Waals surface area (Å²) in [4.78, 5) is 36.1. The van der Waals surface area contributed by atoms with E-state index in [1.165, 1.54) is 33.5 Å². The molecule has 170 valence electrons. The van der Waals surface area contributed by atoms with Gasteiger partial charge >= 0.3 is 5.97 Å². The highest BCUT2D eigenvalue weighted by Crippen LogP contribution is 2.35. The number of carbonyl (C=O) groups excluding carboxylic acids is 3. The van der Waals surface area contributed by atoms with Crippen LogP contribution in [0, 0.1) is 5.92 Å². The smallest absolute Gasteiger partial charge is 0.331 e. The number of Topliss-reactive ketones (excluding diaryl/α,β-unsaturated/α-hetero) is 1. The lowest BCUT2D eigenvalue weighted by Gasteiger charge is -2.12. The van der Waals surface area contributed by atoms with Crippen LogP contribution in [0.1, 0.15) is 29.8 Å². The number of hydrogen-bond acceptors (Lipinski definition) is 7. The van der Waals surface area contributed by atoms with Crippen molar-refractivity contribution in [2.75, 3.05) is 33.3 Å². The van der Waals surface area contributed by atoms with Gasteiger partial charge < -0.3 is 24.3 Å². The molecule has 1 N–H and O–H groups in total. The molecule has 0 spiro atoms. The minimum Gasteiger partial charge on any atom is -0.496 e. The molecule has 2 aromatic carbocycles. The molecule has 0 saturated carbocycles. The van der Waals surface area contributed by atoms with Crippen molar-refractivity contribution in [3.63, 3.8) is 0 Å². The van der Waals surface area contributed by atoms with E-state index in [9.17, 15) is 14.4 Å². The average Bonchev–Trinajstić information content (AvgIpc) is 2.80. The highest BCUT2D eigenvalue weighted by molar-refractivity contribution is 5.99. The van der Waals surface area contributed by atoms with E-state index in [1.807, 2.05) is 0 Å². The molecule has 32 heavy (non-hydrogen) atoms. The molecule has 0 radical (unpaired) electrons. The number of carbonyl (C=O) groups is 3. The quantitative estimate of drug-likeness (QED) is 0.340. The lowest BCUT2D eigenvalue weighted by molar-refractivity contribution is -0.136. The van der Waals surface area contributed by atoms with Crippen molar-refractivity contribution in [2.45, 2.75) is 13.8 Å². The molecule has 2 rings (SSSR count). The third-order valence-electron chi connectivity index (χ3n) is 4.48. The van der Waals surface area contributed by atoms with Crippen molar-refractivity contribution in [1.82, 2.24) is 0 Å². The second kappa shape index (κ2) is 11.5. The van der Waals surface area contributed by atoms with Crippen LogP contribution in [0.25, 0.3) is 6.08 Å². The molecule has 0 atom stereocenters. The van der Waals surface area contributed by atoms with Crippen molar-refractivity contribution < 1.29 is 33.3 Å². The Morgan fingerprint density at radius 1 is 0.906 bits per heavy atom. The van der Waals surface area contributed by atoms with E-state index in [2.05, 4.69) is 5.32 Å². The van der Waals surface area contributed by atoms with Crippen LogP contribution in [0.2, 0.25) is 0 Å². The number of rotatable bonds is 10. The fourth-order valence-corrected chi connectivity index (χ4v) is 2.64. The van der Waals surface area contributed by atoms with Crippen molar-refractivity contribution in [3.05, 3.63) is 53.6 Å². The molecule has 0 bridgehead atoms. The van der Waals surface area contributed by atoms with Crippen LogP contribution in [0.3, 0.4) is 0 Å². The summed E-state index contributed by atoms with van der Waals surface area (Å²) in [5.74, 6) is 0.133. The van der Waals surface area contributed by atoms with Crippen LogP contribution < -0.4 is 19.5 Å². The van der Waals surface area contributed by atoms with E-state index in [4.69, 9.17) is 18.9 Å². The predicted molar refractivity (Wildman–Crippen MR) is 120 cm³/mol. The second-order valence-electron chi connectivity index (χ2n) is 7.03. The standard InChI is InChI=1S/C24H27NO7/c1-15(2)24(28)25-18-9-6-16(7-10-18)19(26)14-32-23(27)11-8-17-12-21(30-4)22(31-5)13-20(17)29-3/h6-13,15H,14H2,1-5H3,(H,25,28)/b11-8+. The number of methoxy groups -OCH3 is 3. The first kappa shape index (κ1) is 24.5. The van der Waals surface area contributed by atoms with Gasteiger partial charge in [-0.25, -0.2) is 4.79 Å². The van der Waals surface area contributed by atoms with E-state index in [0.717, 1.165) is 0 Å². The minimum atomic E-state index is -0.684. The van der Waals surface area contributed by atoms with Gasteiger partial charge in [-0.2, -0.15) is 0 Å². The molecule has 0 fully saturated rings. The van der Waals surface area contributed by atoms with E-state index in [-0.39, 0.29) is 17.6 Å². The summed E-state index contributed by atoms with van der Waals surface area (Å²) in [5, 5.41) is 2.74. The lowest BCUT2D eigenvalue weighted by Crippen LogP contribution is -2.18. The second-order valence-corrected chi connectivity index (χ2v) is 7.03. The number of nitrogens with one attached hydrogen (secondary N) is 1. The predicted octanol–water partition coefficient (Wildman–Crippen LogP) is 3.75. The molecule has 8 heteroatoms. The van der Waals surface area contributed by atoms with Crippen LogP contribution in [0.4, 0.5) is 5.69 Å². The zero-order valence-electron chi connectivity index (χ0n) is 18.8. The maximum Gasteiger partial charge on any atom is 0.331 e. The molecular weight excluding hydrogens is 414 g/mol. The lowest BCUT2D eigenvalue weighted by atomic mass is 10.1. The van der Waals surface area contributed by atoms with Gasteiger partial charge in [0.25, 0.3) is 0 Å². The molecule has 2 aromatic rings. The van der Waals surface area contributed by atoms with E-state index >= 15 is 0 Å². The van der Waals surface area contributed by atoms with Gasteiger partial charge in [0.05, 0.1) is 21.3 Å². The summed E-state index contributed by atoms with van der Waals surface area (Å²) < 4.78 is 20.8. The fourth-order valence-electron chi connectivity index (χ4n) is 2.64. The number of anilines is 1. The Balaban J connectivity index is 1.97. The number of amides is 1. The normalized spacial score (nSPS) is 10.7. The molecule has 0 unspecified atom stereocenters. The molecule has 8 nitrogen and oxygen atoms in total. The number of ether oxygens (including phenoxy) is 4. The van der Waals surface area contributed by atoms with Gasteiger partial charge in [0.2, 0.25) is 5.91 Å². The molecule has 1 amide bonds. The molecule has 0 aliphatic heterocycles. The van der Waals surface area contributed by atoms with Crippen molar-refractivity contribution in [1.29, 1.82) is 0 Å². The number of hydrogen-bond donors (Lipinski definition) is 1. The first-order valence-electron chi connectivity index (χ1n) is 9.88. The summed E-state index contributed by atoms with van der Waals surface area (Å²) in [7, 11) is 4.51. The summed E-state index contributed by atoms with van der Waals surface area (Å²) in [6.45, 7) is 3.17. The number of benzene rings is 2. The molecule has 0 saturated heterocycles. The molecular formula is C24H27NO7. The SMILES string of the molecule is COc1cc(OC)c(OC)cc1/C=C/C(=O)OCC(=O)c1ccc(NC(=O)C(C)C)cc1. The monoisotopic (exact) mass is 441 g/mol. The van der Waals surface area contributed by atoms with Gasteiger partial charge in [-0.3, -0.25) is 9.59 Å². The topological polar surface area (TPSA) is 100 Å². The van der Waals surface area contributed by atoms with Gasteiger partial charge in [0, 0.05) is 34.9 Å². The van der Waals surface area contributed by atoms with E-state index < -0.39 is 12.6 Å². The summed E-state index contributed by atoms with van der Waals surface area (Å²) in [6, 6.07) is 9.68. The Labute approximate surface area is 187 Å². The van der Waals surface area contributed by atoms with Gasteiger partial charge in [-0.1, -0.05) is 13.8 Å². The Kier molecular flexibility index (Phi) is 8.83. The Bertz CT molecular complexity index is 994. The van der Waals surface area contributed by atoms with E-state index in [1.54, 1.807) is 50.2 Å². The van der Waals surface area contributed by atoms with Crippen molar-refractivity contribution in [2.24, 2.45) is 5.92 Å². The first-order valence-corrected chi connectivity index (χ1v) is 9.88. The zero-order valence-corrected chi connectivity index (χ0v) is 18.8. The van der Waals surface area contributed by atoms with Crippen molar-refractivity contribution >= 4 is 29.4 Å². The molecule has 0 aliphatic rings. The fraction of sp³-hybridized carbons (Fsp3) is 0.292. The van der Waals surface area contributed by atoms with Crippen LogP contribution in [0.15, 0.2) is 42.5 Å². The Morgan fingerprint density at radius 2 is 1.50 bits per heavy atom. The number of ketones is 1. The minimum absolute atomic E-state index is 0.115. The maximum atomic E-state index is 12.3. The third kappa shape index (κ3) is 6.60. The molecule has 0 aromatic heterocycles. The third-order valence-corrected chi connectivity index (χ3v) is 4.48. The van der Waals surface area contributed by atoms with Crippen LogP contribution in [-0.2, 0) is 14.3 Å². The summed E-state index contributed by atoms with van der Waals surface area (Å²) in [6.07, 6.45) is 2.70. The van der Waals surface area contributed by atoms with Crippen LogP contribution in [0.5, 0.6) is 17.2 Å². The van der Waals surface area contributed by atoms with Gasteiger partial charge in [0.15, 0.2) is 23.9 Å². The summed E-state index contributed by atoms with van der Waals surface area (Å²) >= 11 is 0. The van der Waals surface area contributed by atoms with E-state index in [0.29, 0.717) is 34.1 Å². The van der Waals surface area contributed by atoms with Crippen LogP contribution >= 0.6 is 0 Å². The van der Waals surface area contributed by atoms with Gasteiger partial charge in [-0.05, 0) is 36.4 Å². The molecule has 0 heterocycles.